The maximum absolute atomic E-state index is 13.4. The van der Waals surface area contributed by atoms with Gasteiger partial charge in [0.05, 0.1) is 21.0 Å². The van der Waals surface area contributed by atoms with Crippen molar-refractivity contribution in [2.45, 2.75) is 46.2 Å². The molecular formula is C22H24Cl2N4O3. The van der Waals surface area contributed by atoms with Gasteiger partial charge < -0.3 is 4.90 Å². The Labute approximate surface area is 189 Å². The quantitative estimate of drug-likeness (QED) is 0.594. The molecule has 1 aromatic carbocycles. The lowest BCUT2D eigenvalue weighted by molar-refractivity contribution is 0.0786. The second-order valence-electron chi connectivity index (χ2n) is 7.73. The van der Waals surface area contributed by atoms with Gasteiger partial charge in [0, 0.05) is 25.8 Å². The lowest BCUT2D eigenvalue weighted by atomic mass is 10.0. The number of nitrogens with zero attached hydrogens (tertiary/aromatic N) is 3. The third-order valence-electron chi connectivity index (χ3n) is 5.02. The number of rotatable bonds is 6. The molecule has 1 N–H and O–H groups in total. The first-order valence-electron chi connectivity index (χ1n) is 10.0. The fourth-order valence-electron chi connectivity index (χ4n) is 3.39. The molecule has 31 heavy (non-hydrogen) atoms. The van der Waals surface area contributed by atoms with E-state index in [0.29, 0.717) is 34.3 Å². The lowest BCUT2D eigenvalue weighted by Gasteiger charge is -2.20. The van der Waals surface area contributed by atoms with Gasteiger partial charge in [-0.25, -0.2) is 9.78 Å². The predicted molar refractivity (Wildman–Crippen MR) is 123 cm³/mol. The number of nitrogens with one attached hydrogen (secondary N) is 1. The monoisotopic (exact) mass is 462 g/mol. The third-order valence-corrected chi connectivity index (χ3v) is 5.88. The number of pyridine rings is 1. The Hall–Kier alpha value is -2.64. The minimum absolute atomic E-state index is 0.00639. The molecule has 0 saturated heterocycles. The molecule has 0 saturated carbocycles. The minimum atomic E-state index is -0.632. The van der Waals surface area contributed by atoms with Crippen LogP contribution in [0.4, 0.5) is 0 Å². The number of hydrogen-bond acceptors (Lipinski definition) is 4. The van der Waals surface area contributed by atoms with E-state index in [1.807, 2.05) is 20.8 Å². The number of halogens is 2. The van der Waals surface area contributed by atoms with Crippen molar-refractivity contribution in [3.05, 3.63) is 72.0 Å². The summed E-state index contributed by atoms with van der Waals surface area (Å²) in [6.45, 7) is 6.37. The molecule has 164 valence electrons. The van der Waals surface area contributed by atoms with Crippen LogP contribution in [0.5, 0.6) is 0 Å². The van der Waals surface area contributed by atoms with Crippen LogP contribution in [0.2, 0.25) is 10.0 Å². The van der Waals surface area contributed by atoms with Crippen molar-refractivity contribution in [2.24, 2.45) is 0 Å². The SMILES string of the molecule is CCCn1c(=O)[nH]c(=O)c2c(C(=O)N(C)Cc3cccc(Cl)c3Cl)cc(C(C)C)nc21. The van der Waals surface area contributed by atoms with Gasteiger partial charge in [-0.3, -0.25) is 19.1 Å². The number of amides is 1. The number of fused-ring (bicyclic) bond motifs is 1. The zero-order chi connectivity index (χ0) is 22.9. The third kappa shape index (κ3) is 4.52. The Bertz CT molecular complexity index is 1260. The number of aryl methyl sites for hydroxylation is 1. The summed E-state index contributed by atoms with van der Waals surface area (Å²) < 4.78 is 1.41. The molecule has 0 aliphatic carbocycles. The average Bonchev–Trinajstić information content (AvgIpc) is 2.72. The molecule has 0 fully saturated rings. The molecule has 0 spiro atoms. The van der Waals surface area contributed by atoms with Crippen LogP contribution >= 0.6 is 23.2 Å². The number of aromatic nitrogens is 3. The Morgan fingerprint density at radius 2 is 1.97 bits per heavy atom. The van der Waals surface area contributed by atoms with Gasteiger partial charge in [-0.2, -0.15) is 0 Å². The van der Waals surface area contributed by atoms with Gasteiger partial charge in [-0.15, -0.1) is 0 Å². The first-order chi connectivity index (χ1) is 14.6. The van der Waals surface area contributed by atoms with Gasteiger partial charge >= 0.3 is 5.69 Å². The normalized spacial score (nSPS) is 11.3. The number of benzene rings is 1. The fourth-order valence-corrected chi connectivity index (χ4v) is 3.77. The first kappa shape index (κ1) is 23.0. The molecular weight excluding hydrogens is 439 g/mol. The molecule has 3 rings (SSSR count). The van der Waals surface area contributed by atoms with Crippen molar-refractivity contribution in [1.82, 2.24) is 19.4 Å². The van der Waals surface area contributed by atoms with E-state index < -0.39 is 11.2 Å². The molecule has 0 atom stereocenters. The van der Waals surface area contributed by atoms with Gasteiger partial charge in [0.25, 0.3) is 11.5 Å². The van der Waals surface area contributed by atoms with Gasteiger partial charge in [0.15, 0.2) is 5.65 Å². The van der Waals surface area contributed by atoms with Crippen LogP contribution in [0.1, 0.15) is 54.7 Å². The average molecular weight is 463 g/mol. The molecule has 0 aliphatic heterocycles. The summed E-state index contributed by atoms with van der Waals surface area (Å²) in [6, 6.07) is 6.84. The first-order valence-corrected chi connectivity index (χ1v) is 10.8. The summed E-state index contributed by atoms with van der Waals surface area (Å²) in [4.78, 5) is 46.9. The molecule has 1 amide bonds. The van der Waals surface area contributed by atoms with Crippen molar-refractivity contribution in [2.75, 3.05) is 7.05 Å². The predicted octanol–water partition coefficient (Wildman–Crippen LogP) is 4.20. The zero-order valence-electron chi connectivity index (χ0n) is 17.8. The number of aromatic amines is 1. The van der Waals surface area contributed by atoms with E-state index in [9.17, 15) is 14.4 Å². The summed E-state index contributed by atoms with van der Waals surface area (Å²) in [7, 11) is 1.62. The van der Waals surface area contributed by atoms with Crippen LogP contribution in [0.15, 0.2) is 33.9 Å². The van der Waals surface area contributed by atoms with E-state index in [2.05, 4.69) is 9.97 Å². The molecule has 0 unspecified atom stereocenters. The van der Waals surface area contributed by atoms with Gasteiger partial charge in [0.1, 0.15) is 0 Å². The van der Waals surface area contributed by atoms with E-state index in [4.69, 9.17) is 23.2 Å². The van der Waals surface area contributed by atoms with Gasteiger partial charge in [-0.1, -0.05) is 56.1 Å². The van der Waals surface area contributed by atoms with E-state index in [1.165, 1.54) is 9.47 Å². The molecule has 2 aromatic heterocycles. The Kier molecular flexibility index (Phi) is 6.86. The Morgan fingerprint density at radius 3 is 2.61 bits per heavy atom. The maximum Gasteiger partial charge on any atom is 0.329 e. The highest BCUT2D eigenvalue weighted by Crippen LogP contribution is 2.27. The number of carbonyl (C=O) groups excluding carboxylic acids is 1. The summed E-state index contributed by atoms with van der Waals surface area (Å²) >= 11 is 12.4. The summed E-state index contributed by atoms with van der Waals surface area (Å²) in [6.07, 6.45) is 0.672. The van der Waals surface area contributed by atoms with Crippen LogP contribution < -0.4 is 11.2 Å². The topological polar surface area (TPSA) is 88.1 Å². The van der Waals surface area contributed by atoms with Crippen molar-refractivity contribution < 1.29 is 4.79 Å². The van der Waals surface area contributed by atoms with Gasteiger partial charge in [-0.05, 0) is 30.0 Å². The van der Waals surface area contributed by atoms with Crippen molar-refractivity contribution >= 4 is 40.1 Å². The van der Waals surface area contributed by atoms with Crippen molar-refractivity contribution in [1.29, 1.82) is 0 Å². The lowest BCUT2D eigenvalue weighted by Crippen LogP contribution is -2.34. The summed E-state index contributed by atoms with van der Waals surface area (Å²) in [5.41, 5.74) is 0.557. The Morgan fingerprint density at radius 1 is 1.26 bits per heavy atom. The van der Waals surface area contributed by atoms with Crippen molar-refractivity contribution in [3.63, 3.8) is 0 Å². The number of H-pyrrole nitrogens is 1. The zero-order valence-corrected chi connectivity index (χ0v) is 19.3. The highest BCUT2D eigenvalue weighted by atomic mass is 35.5. The highest BCUT2D eigenvalue weighted by Gasteiger charge is 2.23. The van der Waals surface area contributed by atoms with E-state index in [-0.39, 0.29) is 35.0 Å². The largest absolute Gasteiger partial charge is 0.337 e. The number of carbonyl (C=O) groups is 1. The van der Waals surface area contributed by atoms with E-state index in [0.717, 1.165) is 0 Å². The van der Waals surface area contributed by atoms with Crippen molar-refractivity contribution in [3.8, 4) is 0 Å². The van der Waals surface area contributed by atoms with Crippen LogP contribution in [0, 0.1) is 0 Å². The molecule has 7 nitrogen and oxygen atoms in total. The van der Waals surface area contributed by atoms with Gasteiger partial charge in [0.2, 0.25) is 0 Å². The Balaban J connectivity index is 2.19. The van der Waals surface area contributed by atoms with Crippen LogP contribution in [-0.2, 0) is 13.1 Å². The molecule has 3 aromatic rings. The highest BCUT2D eigenvalue weighted by molar-refractivity contribution is 6.42. The molecule has 0 bridgehead atoms. The van der Waals surface area contributed by atoms with E-state index in [1.54, 1.807) is 31.3 Å². The van der Waals surface area contributed by atoms with Crippen LogP contribution in [0.25, 0.3) is 11.0 Å². The molecule has 2 heterocycles. The fraction of sp³-hybridized carbons (Fsp3) is 0.364. The smallest absolute Gasteiger partial charge is 0.329 e. The standard InChI is InChI=1S/C22H24Cl2N4O3/c1-5-9-28-19-17(20(29)26-22(28)31)14(10-16(25-19)12(2)3)21(30)27(4)11-13-7-6-8-15(23)18(13)24/h6-8,10,12H,5,9,11H2,1-4H3,(H,26,29,31). The molecule has 0 radical (unpaired) electrons. The second-order valence-corrected chi connectivity index (χ2v) is 8.52. The van der Waals surface area contributed by atoms with E-state index >= 15 is 0 Å². The maximum atomic E-state index is 13.4. The summed E-state index contributed by atoms with van der Waals surface area (Å²) in [5.74, 6) is -0.384. The number of hydrogen-bond donors (Lipinski definition) is 1. The summed E-state index contributed by atoms with van der Waals surface area (Å²) in [5, 5.41) is 0.879. The molecule has 0 aliphatic rings. The van der Waals surface area contributed by atoms with Crippen LogP contribution in [-0.4, -0.2) is 32.4 Å². The second kappa shape index (κ2) is 9.24. The molecule has 9 heteroatoms. The van der Waals surface area contributed by atoms with Crippen LogP contribution in [0.3, 0.4) is 0 Å². The minimum Gasteiger partial charge on any atom is -0.337 e.